The van der Waals surface area contributed by atoms with Gasteiger partial charge in [-0.3, -0.25) is 14.3 Å². The van der Waals surface area contributed by atoms with Gasteiger partial charge in [0.25, 0.3) is 5.91 Å². The number of nitrogens with one attached hydrogen (secondary N) is 1. The lowest BCUT2D eigenvalue weighted by atomic mass is 10.2. The van der Waals surface area contributed by atoms with Crippen molar-refractivity contribution in [3.63, 3.8) is 0 Å². The number of nitrogens with zero attached hydrogens (tertiary/aromatic N) is 3. The van der Waals surface area contributed by atoms with E-state index in [1.54, 1.807) is 13.4 Å². The Morgan fingerprint density at radius 2 is 2.04 bits per heavy atom. The van der Waals surface area contributed by atoms with E-state index in [0.717, 1.165) is 55.3 Å². The molecule has 1 amide bonds. The number of rotatable bonds is 6. The Morgan fingerprint density at radius 3 is 2.86 bits per heavy atom. The summed E-state index contributed by atoms with van der Waals surface area (Å²) in [6.45, 7) is 4.82. The molecular weight excluding hydrogens is 356 g/mol. The van der Waals surface area contributed by atoms with Gasteiger partial charge in [-0.1, -0.05) is 12.1 Å². The van der Waals surface area contributed by atoms with Crippen molar-refractivity contribution in [3.8, 4) is 11.4 Å². The number of carbonyl (C=O) groups excluding carboxylic acids is 1. The summed E-state index contributed by atoms with van der Waals surface area (Å²) in [7, 11) is 1.65. The zero-order valence-electron chi connectivity index (χ0n) is 15.9. The molecule has 1 aromatic heterocycles. The fraction of sp³-hybridized carbons (Fsp3) is 0.333. The molecule has 28 heavy (non-hydrogen) atoms. The summed E-state index contributed by atoms with van der Waals surface area (Å²) in [4.78, 5) is 19.3. The summed E-state index contributed by atoms with van der Waals surface area (Å²) >= 11 is 0. The summed E-state index contributed by atoms with van der Waals surface area (Å²) in [5.41, 5.74) is 3.22. The molecule has 1 aliphatic heterocycles. The molecule has 1 saturated heterocycles. The predicted molar refractivity (Wildman–Crippen MR) is 107 cm³/mol. The number of hydrogen-bond acceptors (Lipinski definition) is 5. The lowest BCUT2D eigenvalue weighted by molar-refractivity contribution is 0.0383. The number of morpholine rings is 1. The molecule has 1 aliphatic rings. The van der Waals surface area contributed by atoms with E-state index in [4.69, 9.17) is 9.47 Å². The van der Waals surface area contributed by atoms with E-state index in [0.29, 0.717) is 12.1 Å². The fourth-order valence-electron chi connectivity index (χ4n) is 3.43. The van der Waals surface area contributed by atoms with Crippen LogP contribution in [0.3, 0.4) is 0 Å². The Labute approximate surface area is 163 Å². The van der Waals surface area contributed by atoms with E-state index in [2.05, 4.69) is 15.2 Å². The van der Waals surface area contributed by atoms with Crippen molar-refractivity contribution in [1.29, 1.82) is 0 Å². The summed E-state index contributed by atoms with van der Waals surface area (Å²) in [5, 5.41) is 2.99. The minimum absolute atomic E-state index is 0.0815. The van der Waals surface area contributed by atoms with Gasteiger partial charge in [-0.15, -0.1) is 0 Å². The largest absolute Gasteiger partial charge is 0.495 e. The van der Waals surface area contributed by atoms with Crippen LogP contribution < -0.4 is 10.1 Å². The lowest BCUT2D eigenvalue weighted by Gasteiger charge is -2.26. The predicted octanol–water partition coefficient (Wildman–Crippen LogP) is 2.10. The third-order valence-corrected chi connectivity index (χ3v) is 4.97. The SMILES string of the molecule is COc1ccccc1-n1cnc2cc(C(=O)NCCN3CCOCC3)ccc21. The Hall–Kier alpha value is -2.90. The standard InChI is InChI=1S/C21H24N4O3/c1-27-20-5-3-2-4-19(20)25-15-23-17-14-16(6-7-18(17)25)21(26)22-8-9-24-10-12-28-13-11-24/h2-7,14-15H,8-13H2,1H3,(H,22,26). The average Bonchev–Trinajstić information content (AvgIpc) is 3.17. The van der Waals surface area contributed by atoms with Crippen molar-refractivity contribution in [2.45, 2.75) is 0 Å². The molecule has 0 unspecified atom stereocenters. The minimum atomic E-state index is -0.0815. The highest BCUT2D eigenvalue weighted by Gasteiger charge is 2.13. The van der Waals surface area contributed by atoms with Gasteiger partial charge in [0.05, 0.1) is 37.0 Å². The first-order chi connectivity index (χ1) is 13.8. The number of fused-ring (bicyclic) bond motifs is 1. The van der Waals surface area contributed by atoms with E-state index in [-0.39, 0.29) is 5.91 Å². The van der Waals surface area contributed by atoms with Crippen LogP contribution in [0.1, 0.15) is 10.4 Å². The third-order valence-electron chi connectivity index (χ3n) is 4.97. The van der Waals surface area contributed by atoms with Crippen LogP contribution in [0.25, 0.3) is 16.7 Å². The number of methoxy groups -OCH3 is 1. The van der Waals surface area contributed by atoms with Gasteiger partial charge < -0.3 is 14.8 Å². The molecule has 0 bridgehead atoms. The number of aromatic nitrogens is 2. The molecule has 0 atom stereocenters. The van der Waals surface area contributed by atoms with Crippen LogP contribution in [0.15, 0.2) is 48.8 Å². The maximum Gasteiger partial charge on any atom is 0.251 e. The molecule has 4 rings (SSSR count). The number of imidazole rings is 1. The topological polar surface area (TPSA) is 68.6 Å². The number of benzene rings is 2. The van der Waals surface area contributed by atoms with Crippen molar-refractivity contribution >= 4 is 16.9 Å². The molecule has 0 aliphatic carbocycles. The first kappa shape index (κ1) is 18.5. The molecule has 0 spiro atoms. The summed E-state index contributed by atoms with van der Waals surface area (Å²) in [6, 6.07) is 13.4. The average molecular weight is 380 g/mol. The molecule has 2 heterocycles. The molecular formula is C21H24N4O3. The Kier molecular flexibility index (Phi) is 5.55. The second-order valence-corrected chi connectivity index (χ2v) is 6.70. The smallest absolute Gasteiger partial charge is 0.251 e. The molecule has 0 radical (unpaired) electrons. The second-order valence-electron chi connectivity index (χ2n) is 6.70. The van der Waals surface area contributed by atoms with Gasteiger partial charge >= 0.3 is 0 Å². The lowest BCUT2D eigenvalue weighted by Crippen LogP contribution is -2.41. The maximum absolute atomic E-state index is 12.5. The van der Waals surface area contributed by atoms with E-state index in [1.807, 2.05) is 47.0 Å². The highest BCUT2D eigenvalue weighted by atomic mass is 16.5. The molecule has 7 heteroatoms. The number of amides is 1. The third kappa shape index (κ3) is 3.85. The monoisotopic (exact) mass is 380 g/mol. The highest BCUT2D eigenvalue weighted by Crippen LogP contribution is 2.26. The van der Waals surface area contributed by atoms with Crippen LogP contribution in [0.2, 0.25) is 0 Å². The van der Waals surface area contributed by atoms with Crippen molar-refractivity contribution in [1.82, 2.24) is 19.8 Å². The van der Waals surface area contributed by atoms with Crippen LogP contribution >= 0.6 is 0 Å². The quantitative estimate of drug-likeness (QED) is 0.709. The Morgan fingerprint density at radius 1 is 1.21 bits per heavy atom. The van der Waals surface area contributed by atoms with Crippen molar-refractivity contribution in [2.75, 3.05) is 46.5 Å². The van der Waals surface area contributed by atoms with Gasteiger partial charge in [-0.05, 0) is 30.3 Å². The highest BCUT2D eigenvalue weighted by molar-refractivity contribution is 5.97. The molecule has 146 valence electrons. The van der Waals surface area contributed by atoms with Gasteiger partial charge in [0.2, 0.25) is 0 Å². The number of hydrogen-bond donors (Lipinski definition) is 1. The first-order valence-corrected chi connectivity index (χ1v) is 9.45. The molecule has 2 aromatic carbocycles. The number of para-hydroxylation sites is 2. The van der Waals surface area contributed by atoms with Crippen LogP contribution in [0.5, 0.6) is 5.75 Å². The maximum atomic E-state index is 12.5. The molecule has 0 saturated carbocycles. The molecule has 1 N–H and O–H groups in total. The van der Waals surface area contributed by atoms with Gasteiger partial charge in [0.1, 0.15) is 12.1 Å². The number of ether oxygens (including phenoxy) is 2. The van der Waals surface area contributed by atoms with Gasteiger partial charge in [0, 0.05) is 31.7 Å². The van der Waals surface area contributed by atoms with Crippen molar-refractivity contribution < 1.29 is 14.3 Å². The second kappa shape index (κ2) is 8.41. The van der Waals surface area contributed by atoms with Gasteiger partial charge in [-0.25, -0.2) is 4.98 Å². The van der Waals surface area contributed by atoms with Crippen LogP contribution in [-0.2, 0) is 4.74 Å². The van der Waals surface area contributed by atoms with Crippen LogP contribution in [-0.4, -0.2) is 66.9 Å². The first-order valence-electron chi connectivity index (χ1n) is 9.45. The Bertz CT molecular complexity index is 963. The van der Waals surface area contributed by atoms with Crippen LogP contribution in [0.4, 0.5) is 0 Å². The normalized spacial score (nSPS) is 14.9. The zero-order valence-corrected chi connectivity index (χ0v) is 15.9. The summed E-state index contributed by atoms with van der Waals surface area (Å²) < 4.78 is 12.8. The Balaban J connectivity index is 1.47. The van der Waals surface area contributed by atoms with Gasteiger partial charge in [0.15, 0.2) is 0 Å². The molecule has 3 aromatic rings. The van der Waals surface area contributed by atoms with Crippen LogP contribution in [0, 0.1) is 0 Å². The van der Waals surface area contributed by atoms with Gasteiger partial charge in [-0.2, -0.15) is 0 Å². The molecule has 1 fully saturated rings. The van der Waals surface area contributed by atoms with E-state index in [1.165, 1.54) is 0 Å². The summed E-state index contributed by atoms with van der Waals surface area (Å²) in [6.07, 6.45) is 1.75. The van der Waals surface area contributed by atoms with E-state index >= 15 is 0 Å². The minimum Gasteiger partial charge on any atom is -0.495 e. The molecule has 7 nitrogen and oxygen atoms in total. The van der Waals surface area contributed by atoms with E-state index < -0.39 is 0 Å². The number of carbonyl (C=O) groups is 1. The zero-order chi connectivity index (χ0) is 19.3. The van der Waals surface area contributed by atoms with Crippen molar-refractivity contribution in [2.24, 2.45) is 0 Å². The van der Waals surface area contributed by atoms with Crippen molar-refractivity contribution in [3.05, 3.63) is 54.4 Å². The van der Waals surface area contributed by atoms with E-state index in [9.17, 15) is 4.79 Å². The summed E-state index contributed by atoms with van der Waals surface area (Å²) in [5.74, 6) is 0.689. The fourth-order valence-corrected chi connectivity index (χ4v) is 3.43.